The van der Waals surface area contributed by atoms with E-state index in [0.29, 0.717) is 11.6 Å². The monoisotopic (exact) mass is 299 g/mol. The summed E-state index contributed by atoms with van der Waals surface area (Å²) in [6.07, 6.45) is -0.553. The van der Waals surface area contributed by atoms with Gasteiger partial charge in [0.15, 0.2) is 0 Å². The van der Waals surface area contributed by atoms with Gasteiger partial charge in [-0.3, -0.25) is 15.5 Å². The molecule has 0 fully saturated rings. The van der Waals surface area contributed by atoms with Gasteiger partial charge in [-0.2, -0.15) is 18.3 Å². The molecule has 6 nitrogen and oxygen atoms in total. The molecule has 0 atom stereocenters. The fraction of sp³-hybridized carbons (Fsp3) is 0.0833. The highest BCUT2D eigenvalue weighted by Crippen LogP contribution is 2.34. The summed E-state index contributed by atoms with van der Waals surface area (Å²) < 4.78 is 42.3. The van der Waals surface area contributed by atoms with E-state index in [0.717, 1.165) is 12.1 Å². The maximum atomic E-state index is 12.5. The van der Waals surface area contributed by atoms with E-state index in [4.69, 9.17) is 4.42 Å². The fourth-order valence-electron chi connectivity index (χ4n) is 1.48. The smallest absolute Gasteiger partial charge is 0.416 e. The van der Waals surface area contributed by atoms with E-state index in [-0.39, 0.29) is 5.69 Å². The van der Waals surface area contributed by atoms with Crippen LogP contribution >= 0.6 is 0 Å². The topological polar surface area (TPSA) is 80.7 Å². The SMILES string of the molecule is O=[N+]([O-])c1cc(C(F)(F)F)ccc1N/N=C\c1ccoc1. The molecule has 9 heteroatoms. The predicted octanol–water partition coefficient (Wildman–Crippen LogP) is 3.65. The van der Waals surface area contributed by atoms with E-state index in [1.165, 1.54) is 18.7 Å². The van der Waals surface area contributed by atoms with Crippen molar-refractivity contribution in [1.29, 1.82) is 0 Å². The van der Waals surface area contributed by atoms with Crippen LogP contribution in [0.3, 0.4) is 0 Å². The Bertz CT molecular complexity index is 666. The lowest BCUT2D eigenvalue weighted by Crippen LogP contribution is -2.06. The second-order valence-electron chi connectivity index (χ2n) is 3.91. The Balaban J connectivity index is 2.25. The Morgan fingerprint density at radius 2 is 2.10 bits per heavy atom. The number of furan rings is 1. The number of nitrogens with zero attached hydrogens (tertiary/aromatic N) is 2. The molecule has 0 unspecified atom stereocenters. The summed E-state index contributed by atoms with van der Waals surface area (Å²) in [5.74, 6) is 0. The minimum atomic E-state index is -4.65. The molecule has 0 aliphatic heterocycles. The van der Waals surface area contributed by atoms with Crippen molar-refractivity contribution in [2.24, 2.45) is 5.10 Å². The molecule has 1 N–H and O–H groups in total. The quantitative estimate of drug-likeness (QED) is 0.531. The highest BCUT2D eigenvalue weighted by atomic mass is 19.4. The van der Waals surface area contributed by atoms with E-state index in [2.05, 4.69) is 10.5 Å². The maximum absolute atomic E-state index is 12.5. The molecule has 0 spiro atoms. The van der Waals surface area contributed by atoms with E-state index >= 15 is 0 Å². The molecule has 0 radical (unpaired) electrons. The van der Waals surface area contributed by atoms with Gasteiger partial charge >= 0.3 is 6.18 Å². The van der Waals surface area contributed by atoms with Crippen LogP contribution in [0.5, 0.6) is 0 Å². The first kappa shape index (κ1) is 14.6. The molecular weight excluding hydrogens is 291 g/mol. The van der Waals surface area contributed by atoms with Crippen LogP contribution in [0.15, 0.2) is 46.3 Å². The van der Waals surface area contributed by atoms with Crippen molar-refractivity contribution in [2.45, 2.75) is 6.18 Å². The summed E-state index contributed by atoms with van der Waals surface area (Å²) in [4.78, 5) is 9.91. The third kappa shape index (κ3) is 3.59. The molecule has 0 aliphatic carbocycles. The van der Waals surface area contributed by atoms with Crippen molar-refractivity contribution in [3.05, 3.63) is 58.0 Å². The lowest BCUT2D eigenvalue weighted by molar-refractivity contribution is -0.384. The van der Waals surface area contributed by atoms with Crippen molar-refractivity contribution >= 4 is 17.6 Å². The minimum absolute atomic E-state index is 0.146. The first-order valence-corrected chi connectivity index (χ1v) is 5.55. The molecule has 1 aromatic heterocycles. The molecule has 110 valence electrons. The first-order chi connectivity index (χ1) is 9.88. The second kappa shape index (κ2) is 5.65. The van der Waals surface area contributed by atoms with Gasteiger partial charge in [-0.15, -0.1) is 0 Å². The average Bonchev–Trinajstić information content (AvgIpc) is 2.90. The third-order valence-corrected chi connectivity index (χ3v) is 2.46. The molecule has 2 rings (SSSR count). The second-order valence-corrected chi connectivity index (χ2v) is 3.91. The maximum Gasteiger partial charge on any atom is 0.416 e. The van der Waals surface area contributed by atoms with Gasteiger partial charge in [-0.25, -0.2) is 0 Å². The summed E-state index contributed by atoms with van der Waals surface area (Å²) in [5.41, 5.74) is 0.967. The molecule has 0 aliphatic rings. The fourth-order valence-corrected chi connectivity index (χ4v) is 1.48. The summed E-state index contributed by atoms with van der Waals surface area (Å²) in [6, 6.07) is 3.73. The van der Waals surface area contributed by atoms with Crippen molar-refractivity contribution < 1.29 is 22.5 Å². The Morgan fingerprint density at radius 3 is 2.67 bits per heavy atom. The number of nitro groups is 1. The minimum Gasteiger partial charge on any atom is -0.472 e. The number of nitrogens with one attached hydrogen (secondary N) is 1. The van der Waals surface area contributed by atoms with Crippen LogP contribution in [0.4, 0.5) is 24.5 Å². The van der Waals surface area contributed by atoms with Crippen LogP contribution < -0.4 is 5.43 Å². The van der Waals surface area contributed by atoms with Crippen LogP contribution in [-0.2, 0) is 6.18 Å². The van der Waals surface area contributed by atoms with E-state index in [1.54, 1.807) is 6.07 Å². The van der Waals surface area contributed by atoms with Crippen molar-refractivity contribution in [3.63, 3.8) is 0 Å². The number of nitro benzene ring substituents is 1. The molecule has 1 heterocycles. The van der Waals surface area contributed by atoms with Gasteiger partial charge in [-0.1, -0.05) is 0 Å². The van der Waals surface area contributed by atoms with E-state index < -0.39 is 22.4 Å². The van der Waals surface area contributed by atoms with Gasteiger partial charge in [0, 0.05) is 11.6 Å². The highest BCUT2D eigenvalue weighted by molar-refractivity contribution is 5.79. The van der Waals surface area contributed by atoms with Crippen LogP contribution in [0, 0.1) is 10.1 Å². The Kier molecular flexibility index (Phi) is 3.92. The number of anilines is 1. The van der Waals surface area contributed by atoms with Crippen LogP contribution in [0.25, 0.3) is 0 Å². The van der Waals surface area contributed by atoms with Crippen molar-refractivity contribution in [3.8, 4) is 0 Å². The molecule has 21 heavy (non-hydrogen) atoms. The van der Waals surface area contributed by atoms with E-state index in [9.17, 15) is 23.3 Å². The number of benzene rings is 1. The van der Waals surface area contributed by atoms with Crippen LogP contribution in [-0.4, -0.2) is 11.1 Å². The Hall–Kier alpha value is -2.84. The zero-order chi connectivity index (χ0) is 15.5. The van der Waals surface area contributed by atoms with E-state index in [1.807, 2.05) is 0 Å². The number of hydrazone groups is 1. The average molecular weight is 299 g/mol. The highest BCUT2D eigenvalue weighted by Gasteiger charge is 2.33. The van der Waals surface area contributed by atoms with Gasteiger partial charge in [-0.05, 0) is 18.2 Å². The van der Waals surface area contributed by atoms with Gasteiger partial charge in [0.1, 0.15) is 5.69 Å². The molecule has 1 aromatic carbocycles. The van der Waals surface area contributed by atoms with Gasteiger partial charge in [0.05, 0.1) is 29.2 Å². The van der Waals surface area contributed by atoms with Crippen LogP contribution in [0.2, 0.25) is 0 Å². The molecule has 0 amide bonds. The van der Waals surface area contributed by atoms with Gasteiger partial charge in [0.2, 0.25) is 0 Å². The summed E-state index contributed by atoms with van der Waals surface area (Å²) in [7, 11) is 0. The lowest BCUT2D eigenvalue weighted by Gasteiger charge is -2.08. The Morgan fingerprint density at radius 1 is 1.33 bits per heavy atom. The number of rotatable bonds is 4. The molecular formula is C12H8F3N3O3. The molecule has 0 bridgehead atoms. The summed E-state index contributed by atoms with van der Waals surface area (Å²) >= 11 is 0. The molecule has 0 saturated heterocycles. The van der Waals surface area contributed by atoms with Gasteiger partial charge < -0.3 is 4.42 Å². The number of hydrogen-bond donors (Lipinski definition) is 1. The summed E-state index contributed by atoms with van der Waals surface area (Å²) in [6.45, 7) is 0. The largest absolute Gasteiger partial charge is 0.472 e. The van der Waals surface area contributed by atoms with Crippen LogP contribution in [0.1, 0.15) is 11.1 Å². The van der Waals surface area contributed by atoms with Crippen molar-refractivity contribution in [1.82, 2.24) is 0 Å². The Labute approximate surface area is 116 Å². The zero-order valence-corrected chi connectivity index (χ0v) is 10.3. The zero-order valence-electron chi connectivity index (χ0n) is 10.3. The number of hydrogen-bond acceptors (Lipinski definition) is 5. The standard InChI is InChI=1S/C12H8F3N3O3/c13-12(14,15)9-1-2-10(11(5-9)18(19)20)17-16-6-8-3-4-21-7-8/h1-7,17H/b16-6-. The van der Waals surface area contributed by atoms with Gasteiger partial charge in [0.25, 0.3) is 5.69 Å². The molecule has 0 saturated carbocycles. The predicted molar refractivity (Wildman–Crippen MR) is 68.0 cm³/mol. The number of alkyl halides is 3. The number of halogens is 3. The normalized spacial score (nSPS) is 11.8. The van der Waals surface area contributed by atoms with Crippen molar-refractivity contribution in [2.75, 3.05) is 5.43 Å². The third-order valence-electron chi connectivity index (χ3n) is 2.46. The summed E-state index contributed by atoms with van der Waals surface area (Å²) in [5, 5.41) is 14.5. The first-order valence-electron chi connectivity index (χ1n) is 5.55. The molecule has 2 aromatic rings. The lowest BCUT2D eigenvalue weighted by atomic mass is 10.1.